The molecule has 1 unspecified atom stereocenters. The lowest BCUT2D eigenvalue weighted by Gasteiger charge is -2.41. The lowest BCUT2D eigenvalue weighted by Crippen LogP contribution is -2.47. The maximum atomic E-state index is 12.5. The Balaban J connectivity index is 1.88. The van der Waals surface area contributed by atoms with Gasteiger partial charge in [-0.05, 0) is 42.9 Å². The summed E-state index contributed by atoms with van der Waals surface area (Å²) >= 11 is 0. The smallest absolute Gasteiger partial charge is 0.387 e. The van der Waals surface area contributed by atoms with Crippen LogP contribution in [0.4, 0.5) is 8.78 Å². The van der Waals surface area contributed by atoms with Crippen LogP contribution in [0.3, 0.4) is 0 Å². The molecule has 1 amide bonds. The Morgan fingerprint density at radius 2 is 1.92 bits per heavy atom. The first-order valence-corrected chi connectivity index (χ1v) is 8.33. The third-order valence-electron chi connectivity index (χ3n) is 4.54. The average molecular weight is 341 g/mol. The van der Waals surface area contributed by atoms with Gasteiger partial charge in [-0.3, -0.25) is 4.79 Å². The molecule has 0 spiro atoms. The number of hydrogen-bond donors (Lipinski definition) is 2. The molecule has 24 heavy (non-hydrogen) atoms. The number of ether oxygens (including phenoxy) is 1. The summed E-state index contributed by atoms with van der Waals surface area (Å²) in [6.45, 7) is 1.43. The van der Waals surface area contributed by atoms with Crippen LogP contribution in [-0.4, -0.2) is 24.2 Å². The van der Waals surface area contributed by atoms with Gasteiger partial charge in [0.05, 0.1) is 6.10 Å². The Morgan fingerprint density at radius 1 is 1.29 bits per heavy atom. The van der Waals surface area contributed by atoms with Crippen LogP contribution in [-0.2, 0) is 4.79 Å². The van der Waals surface area contributed by atoms with Gasteiger partial charge in [0.15, 0.2) is 0 Å². The van der Waals surface area contributed by atoms with Gasteiger partial charge in [0.1, 0.15) is 5.75 Å². The molecule has 6 heteroatoms. The first-order valence-electron chi connectivity index (χ1n) is 8.33. The summed E-state index contributed by atoms with van der Waals surface area (Å²) in [4.78, 5) is 12.5. The van der Waals surface area contributed by atoms with E-state index in [-0.39, 0.29) is 23.6 Å². The average Bonchev–Trinajstić information content (AvgIpc) is 2.48. The molecule has 0 saturated heterocycles. The van der Waals surface area contributed by atoms with Crippen molar-refractivity contribution in [2.24, 2.45) is 11.3 Å². The lowest BCUT2D eigenvalue weighted by molar-refractivity contribution is -0.137. The van der Waals surface area contributed by atoms with Gasteiger partial charge in [-0.1, -0.05) is 32.4 Å². The molecule has 0 aliphatic heterocycles. The molecule has 1 atom stereocenters. The van der Waals surface area contributed by atoms with E-state index in [1.807, 2.05) is 0 Å². The Bertz CT molecular complexity index is 542. The van der Waals surface area contributed by atoms with Crippen molar-refractivity contribution in [1.82, 2.24) is 5.32 Å². The highest BCUT2D eigenvalue weighted by molar-refractivity contribution is 5.83. The molecule has 1 aromatic rings. The van der Waals surface area contributed by atoms with Crippen molar-refractivity contribution in [1.29, 1.82) is 0 Å². The largest absolute Gasteiger partial charge is 0.435 e. The van der Waals surface area contributed by atoms with Gasteiger partial charge in [0.25, 0.3) is 0 Å². The fourth-order valence-corrected chi connectivity index (χ4v) is 3.28. The molecule has 2 rings (SSSR count). The summed E-state index contributed by atoms with van der Waals surface area (Å²) in [6.07, 6.45) is 2.83. The van der Waals surface area contributed by atoms with E-state index in [0.717, 1.165) is 25.7 Å². The first-order chi connectivity index (χ1) is 11.3. The Kier molecular flexibility index (Phi) is 6.15. The van der Waals surface area contributed by atoms with Gasteiger partial charge in [0, 0.05) is 12.0 Å². The zero-order valence-electron chi connectivity index (χ0n) is 14.1. The number of carbonyl (C=O) groups excluding carboxylic acids is 1. The summed E-state index contributed by atoms with van der Waals surface area (Å²) in [7, 11) is 0. The summed E-state index contributed by atoms with van der Waals surface area (Å²) in [6, 6.07) is 5.78. The molecule has 1 aliphatic rings. The molecular formula is C18H25F2NO3. The molecule has 2 N–H and O–H groups in total. The molecule has 1 fully saturated rings. The molecule has 0 aromatic heterocycles. The summed E-state index contributed by atoms with van der Waals surface area (Å²) < 4.78 is 28.5. The highest BCUT2D eigenvalue weighted by Gasteiger charge is 2.44. The standard InChI is InChI=1S/C18H25F2NO3/c1-12(2)10-18(8-3-9-18)16(23)21-11-15(22)13-4-6-14(7-5-13)24-17(19)20/h4-7,12,15,17,22H,3,8-11H2,1-2H3,(H,21,23). The fourth-order valence-electron chi connectivity index (χ4n) is 3.28. The van der Waals surface area contributed by atoms with E-state index in [2.05, 4.69) is 23.9 Å². The van der Waals surface area contributed by atoms with Gasteiger partial charge in [-0.25, -0.2) is 0 Å². The second-order valence-electron chi connectivity index (χ2n) is 6.91. The van der Waals surface area contributed by atoms with Gasteiger partial charge >= 0.3 is 6.61 Å². The highest BCUT2D eigenvalue weighted by Crippen LogP contribution is 2.46. The predicted octanol–water partition coefficient (Wildman–Crippen LogP) is 3.65. The Labute approximate surface area is 141 Å². The van der Waals surface area contributed by atoms with E-state index < -0.39 is 12.7 Å². The van der Waals surface area contributed by atoms with Crippen LogP contribution >= 0.6 is 0 Å². The van der Waals surface area contributed by atoms with E-state index in [9.17, 15) is 18.7 Å². The molecule has 4 nitrogen and oxygen atoms in total. The number of nitrogens with one attached hydrogen (secondary N) is 1. The molecule has 1 aliphatic carbocycles. The number of halogens is 2. The van der Waals surface area contributed by atoms with Crippen molar-refractivity contribution >= 4 is 5.91 Å². The van der Waals surface area contributed by atoms with E-state index in [0.29, 0.717) is 11.5 Å². The van der Waals surface area contributed by atoms with Crippen molar-refractivity contribution in [2.75, 3.05) is 6.54 Å². The van der Waals surface area contributed by atoms with Crippen LogP contribution in [0, 0.1) is 11.3 Å². The number of amides is 1. The van der Waals surface area contributed by atoms with Crippen LogP contribution in [0.2, 0.25) is 0 Å². The quantitative estimate of drug-likeness (QED) is 0.759. The Morgan fingerprint density at radius 3 is 2.38 bits per heavy atom. The number of carbonyl (C=O) groups is 1. The van der Waals surface area contributed by atoms with Gasteiger partial charge in [0.2, 0.25) is 5.91 Å². The van der Waals surface area contributed by atoms with Gasteiger partial charge in [-0.15, -0.1) is 0 Å². The molecule has 0 radical (unpaired) electrons. The highest BCUT2D eigenvalue weighted by atomic mass is 19.3. The Hall–Kier alpha value is -1.69. The van der Waals surface area contributed by atoms with Crippen molar-refractivity contribution in [2.45, 2.75) is 52.2 Å². The minimum Gasteiger partial charge on any atom is -0.435 e. The van der Waals surface area contributed by atoms with Crippen LogP contribution in [0.1, 0.15) is 51.2 Å². The number of rotatable bonds is 8. The third kappa shape index (κ3) is 4.66. The molecular weight excluding hydrogens is 316 g/mol. The maximum absolute atomic E-state index is 12.5. The lowest BCUT2D eigenvalue weighted by atomic mass is 9.64. The van der Waals surface area contributed by atoms with E-state index in [1.54, 1.807) is 0 Å². The number of aliphatic hydroxyl groups excluding tert-OH is 1. The molecule has 1 aromatic carbocycles. The van der Waals surface area contributed by atoms with Gasteiger partial charge < -0.3 is 15.2 Å². The van der Waals surface area contributed by atoms with Crippen molar-refractivity contribution in [3.05, 3.63) is 29.8 Å². The second-order valence-corrected chi connectivity index (χ2v) is 6.91. The van der Waals surface area contributed by atoms with Crippen LogP contribution in [0.15, 0.2) is 24.3 Å². The minimum absolute atomic E-state index is 0.000783. The molecule has 0 bridgehead atoms. The normalized spacial score (nSPS) is 17.5. The maximum Gasteiger partial charge on any atom is 0.387 e. The number of aliphatic hydroxyl groups is 1. The van der Waals surface area contributed by atoms with Crippen molar-refractivity contribution in [3.8, 4) is 5.75 Å². The molecule has 1 saturated carbocycles. The number of alkyl halides is 2. The van der Waals surface area contributed by atoms with Crippen molar-refractivity contribution < 1.29 is 23.4 Å². The topological polar surface area (TPSA) is 58.6 Å². The third-order valence-corrected chi connectivity index (χ3v) is 4.54. The van der Waals surface area contributed by atoms with Crippen LogP contribution in [0.5, 0.6) is 5.75 Å². The number of benzene rings is 1. The van der Waals surface area contributed by atoms with E-state index in [1.165, 1.54) is 24.3 Å². The zero-order valence-corrected chi connectivity index (χ0v) is 14.1. The second kappa shape index (κ2) is 7.92. The van der Waals surface area contributed by atoms with Crippen LogP contribution in [0.25, 0.3) is 0 Å². The van der Waals surface area contributed by atoms with Crippen LogP contribution < -0.4 is 10.1 Å². The number of hydrogen-bond acceptors (Lipinski definition) is 3. The van der Waals surface area contributed by atoms with Gasteiger partial charge in [-0.2, -0.15) is 8.78 Å². The van der Waals surface area contributed by atoms with Crippen molar-refractivity contribution in [3.63, 3.8) is 0 Å². The SMILES string of the molecule is CC(C)CC1(C(=O)NCC(O)c2ccc(OC(F)F)cc2)CCC1. The molecule has 134 valence electrons. The predicted molar refractivity (Wildman–Crippen MR) is 86.8 cm³/mol. The first kappa shape index (κ1) is 18.6. The summed E-state index contributed by atoms with van der Waals surface area (Å²) in [5.74, 6) is 0.484. The minimum atomic E-state index is -2.88. The van der Waals surface area contributed by atoms with E-state index in [4.69, 9.17) is 0 Å². The molecule has 0 heterocycles. The summed E-state index contributed by atoms with van der Waals surface area (Å²) in [5.41, 5.74) is 0.256. The monoisotopic (exact) mass is 341 g/mol. The fraction of sp³-hybridized carbons (Fsp3) is 0.611. The summed E-state index contributed by atoms with van der Waals surface area (Å²) in [5, 5.41) is 13.0. The zero-order chi connectivity index (χ0) is 17.7. The van der Waals surface area contributed by atoms with E-state index >= 15 is 0 Å².